The summed E-state index contributed by atoms with van der Waals surface area (Å²) in [6.45, 7) is 0.286. The molecule has 1 atom stereocenters. The fourth-order valence-electron chi connectivity index (χ4n) is 2.48. The maximum atomic E-state index is 12.8. The zero-order valence-corrected chi connectivity index (χ0v) is 15.9. The molecule has 1 N–H and O–H groups in total. The number of nitro groups is 1. The number of rotatable bonds is 9. The van der Waals surface area contributed by atoms with E-state index in [1.165, 1.54) is 35.4 Å². The van der Waals surface area contributed by atoms with Gasteiger partial charge in [-0.2, -0.15) is 11.8 Å². The van der Waals surface area contributed by atoms with E-state index in [0.717, 1.165) is 0 Å². The van der Waals surface area contributed by atoms with Crippen molar-refractivity contribution in [2.45, 2.75) is 19.0 Å². The van der Waals surface area contributed by atoms with E-state index in [1.807, 2.05) is 6.26 Å². The number of hydrogen-bond acceptors (Lipinski definition) is 6. The quantitative estimate of drug-likeness (QED) is 0.520. The van der Waals surface area contributed by atoms with E-state index in [-0.39, 0.29) is 23.7 Å². The zero-order valence-electron chi connectivity index (χ0n) is 15.1. The normalized spacial score (nSPS) is 11.6. The van der Waals surface area contributed by atoms with Crippen LogP contribution in [0.4, 0.5) is 5.69 Å². The summed E-state index contributed by atoms with van der Waals surface area (Å²) >= 11 is 1.56. The maximum absolute atomic E-state index is 12.8. The third-order valence-electron chi connectivity index (χ3n) is 3.88. The Hall–Kier alpha value is -2.81. The van der Waals surface area contributed by atoms with Crippen molar-refractivity contribution in [3.63, 3.8) is 0 Å². The van der Waals surface area contributed by atoms with E-state index in [2.05, 4.69) is 5.32 Å². The molecule has 0 saturated carbocycles. The van der Waals surface area contributed by atoms with Crippen molar-refractivity contribution in [3.8, 4) is 0 Å². The molecule has 1 aromatic carbocycles. The summed E-state index contributed by atoms with van der Waals surface area (Å²) in [6.07, 6.45) is 3.89. The first kappa shape index (κ1) is 20.5. The van der Waals surface area contributed by atoms with Gasteiger partial charge < -0.3 is 14.6 Å². The molecule has 27 heavy (non-hydrogen) atoms. The first-order valence-corrected chi connectivity index (χ1v) is 9.63. The Labute approximate surface area is 161 Å². The second kappa shape index (κ2) is 9.77. The number of benzene rings is 1. The molecule has 0 radical (unpaired) electrons. The van der Waals surface area contributed by atoms with Gasteiger partial charge in [0, 0.05) is 24.7 Å². The molecule has 1 aromatic heterocycles. The van der Waals surface area contributed by atoms with Gasteiger partial charge in [0.2, 0.25) is 5.91 Å². The number of likely N-dealkylation sites (N-methyl/N-ethyl adjacent to an activating group) is 1. The number of carbonyl (C=O) groups excluding carboxylic acids is 2. The Bertz CT molecular complexity index is 794. The van der Waals surface area contributed by atoms with Gasteiger partial charge in [-0.25, -0.2) is 0 Å². The molecule has 0 bridgehead atoms. The molecule has 144 valence electrons. The van der Waals surface area contributed by atoms with E-state index in [0.29, 0.717) is 17.9 Å². The van der Waals surface area contributed by atoms with Crippen molar-refractivity contribution >= 4 is 29.3 Å². The molecule has 0 fully saturated rings. The van der Waals surface area contributed by atoms with Crippen molar-refractivity contribution in [3.05, 3.63) is 64.1 Å². The van der Waals surface area contributed by atoms with Gasteiger partial charge in [-0.1, -0.05) is 6.07 Å². The summed E-state index contributed by atoms with van der Waals surface area (Å²) in [5, 5.41) is 13.6. The summed E-state index contributed by atoms with van der Waals surface area (Å²) in [5.74, 6) is 0.545. The van der Waals surface area contributed by atoms with Crippen LogP contribution in [0.2, 0.25) is 0 Å². The highest BCUT2D eigenvalue weighted by molar-refractivity contribution is 7.98. The lowest BCUT2D eigenvalue weighted by Gasteiger charge is -2.24. The Morgan fingerprint density at radius 1 is 1.33 bits per heavy atom. The summed E-state index contributed by atoms with van der Waals surface area (Å²) in [6, 6.07) is 8.19. The topological polar surface area (TPSA) is 106 Å². The van der Waals surface area contributed by atoms with Crippen LogP contribution < -0.4 is 5.32 Å². The number of nitro benzene ring substituents is 1. The number of hydrogen-bond donors (Lipinski definition) is 1. The van der Waals surface area contributed by atoms with Crippen LogP contribution in [0.3, 0.4) is 0 Å². The van der Waals surface area contributed by atoms with E-state index < -0.39 is 16.9 Å². The van der Waals surface area contributed by atoms with Gasteiger partial charge in [-0.05, 0) is 36.6 Å². The predicted molar refractivity (Wildman–Crippen MR) is 103 cm³/mol. The summed E-state index contributed by atoms with van der Waals surface area (Å²) < 4.78 is 5.25. The predicted octanol–water partition coefficient (Wildman–Crippen LogP) is 2.70. The largest absolute Gasteiger partial charge is 0.467 e. The average Bonchev–Trinajstić information content (AvgIpc) is 3.17. The molecule has 0 aliphatic heterocycles. The third kappa shape index (κ3) is 5.85. The maximum Gasteiger partial charge on any atom is 0.270 e. The molecule has 0 aliphatic carbocycles. The third-order valence-corrected chi connectivity index (χ3v) is 4.53. The Balaban J connectivity index is 2.10. The molecule has 2 rings (SSSR count). The molecule has 1 heterocycles. The molecule has 0 spiro atoms. The second-order valence-electron chi connectivity index (χ2n) is 5.89. The van der Waals surface area contributed by atoms with Crippen molar-refractivity contribution in [2.24, 2.45) is 0 Å². The highest BCUT2D eigenvalue weighted by atomic mass is 32.2. The second-order valence-corrected chi connectivity index (χ2v) is 6.87. The molecule has 8 nitrogen and oxygen atoms in total. The van der Waals surface area contributed by atoms with E-state index >= 15 is 0 Å². The fraction of sp³-hybridized carbons (Fsp3) is 0.333. The van der Waals surface area contributed by atoms with E-state index in [1.54, 1.807) is 30.9 Å². The molecule has 1 unspecified atom stereocenters. The van der Waals surface area contributed by atoms with Crippen LogP contribution in [0.1, 0.15) is 22.5 Å². The molecule has 9 heteroatoms. The monoisotopic (exact) mass is 391 g/mol. The van der Waals surface area contributed by atoms with Gasteiger partial charge in [0.1, 0.15) is 11.8 Å². The van der Waals surface area contributed by atoms with Crippen molar-refractivity contribution in [1.82, 2.24) is 10.2 Å². The Morgan fingerprint density at radius 2 is 2.11 bits per heavy atom. The van der Waals surface area contributed by atoms with Crippen molar-refractivity contribution < 1.29 is 18.9 Å². The molecule has 0 saturated heterocycles. The highest BCUT2D eigenvalue weighted by Crippen LogP contribution is 2.14. The molecule has 2 amide bonds. The van der Waals surface area contributed by atoms with Crippen LogP contribution in [0.5, 0.6) is 0 Å². The average molecular weight is 391 g/mol. The summed E-state index contributed by atoms with van der Waals surface area (Å²) in [7, 11) is 1.64. The van der Waals surface area contributed by atoms with Crippen molar-refractivity contribution in [2.75, 3.05) is 19.1 Å². The smallest absolute Gasteiger partial charge is 0.270 e. The van der Waals surface area contributed by atoms with Gasteiger partial charge in [0.25, 0.3) is 11.6 Å². The summed E-state index contributed by atoms with van der Waals surface area (Å²) in [4.78, 5) is 37.1. The van der Waals surface area contributed by atoms with Gasteiger partial charge in [0.15, 0.2) is 0 Å². The lowest BCUT2D eigenvalue weighted by molar-refractivity contribution is -0.384. The van der Waals surface area contributed by atoms with Crippen LogP contribution in [0.15, 0.2) is 47.1 Å². The molecule has 0 aliphatic rings. The molecular weight excluding hydrogens is 370 g/mol. The van der Waals surface area contributed by atoms with Crippen LogP contribution in [-0.2, 0) is 11.3 Å². The molecular formula is C18H21N3O5S. The highest BCUT2D eigenvalue weighted by Gasteiger charge is 2.25. The van der Waals surface area contributed by atoms with Gasteiger partial charge in [-0.3, -0.25) is 19.7 Å². The van der Waals surface area contributed by atoms with Gasteiger partial charge >= 0.3 is 0 Å². The number of furan rings is 1. The van der Waals surface area contributed by atoms with Gasteiger partial charge in [-0.15, -0.1) is 0 Å². The SMILES string of the molecule is CSCCC(NC(=O)c1cccc([N+](=O)[O-])c1)C(=O)N(C)Cc1ccco1. The number of non-ortho nitro benzene ring substituents is 1. The van der Waals surface area contributed by atoms with Crippen LogP contribution in [0, 0.1) is 10.1 Å². The zero-order chi connectivity index (χ0) is 19.8. The van der Waals surface area contributed by atoms with Crippen molar-refractivity contribution in [1.29, 1.82) is 0 Å². The van der Waals surface area contributed by atoms with E-state index in [4.69, 9.17) is 4.42 Å². The van der Waals surface area contributed by atoms with Crippen LogP contribution in [0.25, 0.3) is 0 Å². The lowest BCUT2D eigenvalue weighted by Crippen LogP contribution is -2.47. The Kier molecular flexibility index (Phi) is 7.42. The minimum absolute atomic E-state index is 0.139. The fourth-order valence-corrected chi connectivity index (χ4v) is 2.95. The minimum Gasteiger partial charge on any atom is -0.467 e. The minimum atomic E-state index is -0.732. The standard InChI is InChI=1S/C18H21N3O5S/c1-20(12-15-7-4-9-26-15)18(23)16(8-10-27-2)19-17(22)13-5-3-6-14(11-13)21(24)25/h3-7,9,11,16H,8,10,12H2,1-2H3,(H,19,22). The number of nitrogens with one attached hydrogen (secondary N) is 1. The lowest BCUT2D eigenvalue weighted by atomic mass is 10.1. The number of carbonyl (C=O) groups is 2. The number of nitrogens with zero attached hydrogens (tertiary/aromatic N) is 2. The summed E-state index contributed by atoms with van der Waals surface area (Å²) in [5.41, 5.74) is -0.0376. The van der Waals surface area contributed by atoms with Gasteiger partial charge in [0.05, 0.1) is 17.7 Å². The Morgan fingerprint density at radius 3 is 2.74 bits per heavy atom. The first-order chi connectivity index (χ1) is 12.9. The van der Waals surface area contributed by atoms with Crippen LogP contribution in [-0.4, -0.2) is 46.7 Å². The van der Waals surface area contributed by atoms with Crippen LogP contribution >= 0.6 is 11.8 Å². The van der Waals surface area contributed by atoms with E-state index in [9.17, 15) is 19.7 Å². The number of amides is 2. The first-order valence-electron chi connectivity index (χ1n) is 8.24. The number of thioether (sulfide) groups is 1. The molecule has 2 aromatic rings.